The van der Waals surface area contributed by atoms with Gasteiger partial charge in [-0.1, -0.05) is 6.07 Å². The normalized spacial score (nSPS) is 18.2. The summed E-state index contributed by atoms with van der Waals surface area (Å²) in [5.74, 6) is 0.605. The predicted octanol–water partition coefficient (Wildman–Crippen LogP) is 0.947. The molecule has 0 aliphatic heterocycles. The molecule has 1 atom stereocenters. The molecule has 96 valence electrons. The Labute approximate surface area is 106 Å². The van der Waals surface area contributed by atoms with Crippen LogP contribution in [0, 0.1) is 5.92 Å². The van der Waals surface area contributed by atoms with Crippen LogP contribution in [0.25, 0.3) is 0 Å². The van der Waals surface area contributed by atoms with E-state index in [1.807, 2.05) is 17.5 Å². The van der Waals surface area contributed by atoms with Crippen molar-refractivity contribution >= 4 is 21.4 Å². The molecule has 3 N–H and O–H groups in total. The van der Waals surface area contributed by atoms with Crippen molar-refractivity contribution in [3.8, 4) is 0 Å². The van der Waals surface area contributed by atoms with Crippen LogP contribution in [0.1, 0.15) is 17.7 Å². The van der Waals surface area contributed by atoms with Crippen molar-refractivity contribution in [3.05, 3.63) is 22.4 Å². The quantitative estimate of drug-likeness (QED) is 0.777. The van der Waals surface area contributed by atoms with E-state index in [-0.39, 0.29) is 11.8 Å². The maximum Gasteiger partial charge on any atom is 0.212 e. The average molecular weight is 274 g/mol. The lowest BCUT2D eigenvalue weighted by molar-refractivity contribution is 0.519. The minimum atomic E-state index is -3.20. The van der Waals surface area contributed by atoms with E-state index in [0.717, 1.165) is 17.7 Å². The first-order chi connectivity index (χ1) is 8.11. The molecule has 0 unspecified atom stereocenters. The average Bonchev–Trinajstić information content (AvgIpc) is 3.00. The van der Waals surface area contributed by atoms with Crippen LogP contribution in [0.4, 0.5) is 0 Å². The summed E-state index contributed by atoms with van der Waals surface area (Å²) in [6, 6.07) is 3.83. The largest absolute Gasteiger partial charge is 0.329 e. The molecule has 1 aliphatic carbocycles. The van der Waals surface area contributed by atoms with Gasteiger partial charge in [0.15, 0.2) is 0 Å². The van der Waals surface area contributed by atoms with Gasteiger partial charge in [-0.05, 0) is 36.6 Å². The number of sulfonamides is 1. The molecule has 0 spiro atoms. The second-order valence-electron chi connectivity index (χ2n) is 4.45. The number of nitrogens with two attached hydrogens (primary N) is 1. The summed E-state index contributed by atoms with van der Waals surface area (Å²) in [6.45, 7) is 0.392. The molecular formula is C11H18N2O2S2. The zero-order chi connectivity index (χ0) is 12.3. The van der Waals surface area contributed by atoms with Crippen LogP contribution in [0.15, 0.2) is 17.5 Å². The zero-order valence-electron chi connectivity index (χ0n) is 9.63. The standard InChI is InChI=1S/C11H18N2O2S2/c12-8-11(9-3-4-9)13-17(14,15)7-5-10-2-1-6-16-10/h1-2,6,9,11,13H,3-5,7-8,12H2/t11-/m1/s1. The monoisotopic (exact) mass is 274 g/mol. The Balaban J connectivity index is 1.85. The molecule has 0 aromatic carbocycles. The lowest BCUT2D eigenvalue weighted by Crippen LogP contribution is -2.42. The third kappa shape index (κ3) is 4.06. The van der Waals surface area contributed by atoms with Gasteiger partial charge in [-0.2, -0.15) is 0 Å². The van der Waals surface area contributed by atoms with Gasteiger partial charge >= 0.3 is 0 Å². The second kappa shape index (κ2) is 5.48. The Morgan fingerprint density at radius 1 is 1.53 bits per heavy atom. The third-order valence-electron chi connectivity index (χ3n) is 2.97. The minimum Gasteiger partial charge on any atom is -0.329 e. The van der Waals surface area contributed by atoms with Crippen molar-refractivity contribution in [1.82, 2.24) is 4.72 Å². The van der Waals surface area contributed by atoms with E-state index >= 15 is 0 Å². The van der Waals surface area contributed by atoms with E-state index in [4.69, 9.17) is 5.73 Å². The van der Waals surface area contributed by atoms with Gasteiger partial charge in [-0.15, -0.1) is 11.3 Å². The number of hydrogen-bond acceptors (Lipinski definition) is 4. The minimum absolute atomic E-state index is 0.0664. The maximum absolute atomic E-state index is 11.9. The van der Waals surface area contributed by atoms with Gasteiger partial charge in [0.1, 0.15) is 0 Å². The molecule has 1 aliphatic rings. The SMILES string of the molecule is NC[C@@H](NS(=O)(=O)CCc1cccs1)C1CC1. The van der Waals surface area contributed by atoms with Gasteiger partial charge in [0.25, 0.3) is 0 Å². The lowest BCUT2D eigenvalue weighted by Gasteiger charge is -2.15. The summed E-state index contributed by atoms with van der Waals surface area (Å²) >= 11 is 1.59. The smallest absolute Gasteiger partial charge is 0.212 e. The highest BCUT2D eigenvalue weighted by Crippen LogP contribution is 2.32. The molecule has 1 aromatic heterocycles. The molecule has 1 aromatic rings. The van der Waals surface area contributed by atoms with Crippen LogP contribution < -0.4 is 10.5 Å². The summed E-state index contributed by atoms with van der Waals surface area (Å²) in [5, 5.41) is 1.96. The van der Waals surface area contributed by atoms with Crippen LogP contribution in [0.3, 0.4) is 0 Å². The fourth-order valence-corrected chi connectivity index (χ4v) is 4.01. The summed E-state index contributed by atoms with van der Waals surface area (Å²) < 4.78 is 26.4. The summed E-state index contributed by atoms with van der Waals surface area (Å²) in [6.07, 6.45) is 2.76. The van der Waals surface area contributed by atoms with Crippen molar-refractivity contribution in [1.29, 1.82) is 0 Å². The van der Waals surface area contributed by atoms with Gasteiger partial charge in [0.2, 0.25) is 10.0 Å². The molecule has 1 saturated carbocycles. The summed E-state index contributed by atoms with van der Waals surface area (Å²) in [7, 11) is -3.20. The number of nitrogens with one attached hydrogen (secondary N) is 1. The molecule has 1 heterocycles. The van der Waals surface area contributed by atoms with Crippen LogP contribution in [0.2, 0.25) is 0 Å². The molecule has 0 radical (unpaired) electrons. The van der Waals surface area contributed by atoms with Crippen LogP contribution >= 0.6 is 11.3 Å². The lowest BCUT2D eigenvalue weighted by atomic mass is 10.2. The Kier molecular flexibility index (Phi) is 4.19. The Morgan fingerprint density at radius 2 is 2.29 bits per heavy atom. The molecule has 1 fully saturated rings. The Morgan fingerprint density at radius 3 is 2.82 bits per heavy atom. The van der Waals surface area contributed by atoms with E-state index in [1.165, 1.54) is 0 Å². The summed E-state index contributed by atoms with van der Waals surface area (Å²) in [4.78, 5) is 1.10. The fraction of sp³-hybridized carbons (Fsp3) is 0.636. The predicted molar refractivity (Wildman–Crippen MR) is 70.5 cm³/mol. The van der Waals surface area contributed by atoms with Gasteiger partial charge in [-0.3, -0.25) is 0 Å². The molecule has 0 amide bonds. The van der Waals surface area contributed by atoms with E-state index in [2.05, 4.69) is 4.72 Å². The highest BCUT2D eigenvalue weighted by molar-refractivity contribution is 7.89. The van der Waals surface area contributed by atoms with E-state index in [0.29, 0.717) is 18.9 Å². The molecule has 4 nitrogen and oxygen atoms in total. The first-order valence-corrected chi connectivity index (χ1v) is 8.36. The maximum atomic E-state index is 11.9. The summed E-state index contributed by atoms with van der Waals surface area (Å²) in [5.41, 5.74) is 5.59. The van der Waals surface area contributed by atoms with E-state index in [9.17, 15) is 8.42 Å². The van der Waals surface area contributed by atoms with E-state index in [1.54, 1.807) is 11.3 Å². The highest BCUT2D eigenvalue weighted by atomic mass is 32.2. The van der Waals surface area contributed by atoms with Crippen molar-refractivity contribution in [2.24, 2.45) is 11.7 Å². The molecule has 0 bridgehead atoms. The van der Waals surface area contributed by atoms with Crippen molar-refractivity contribution < 1.29 is 8.42 Å². The molecule has 0 saturated heterocycles. The van der Waals surface area contributed by atoms with Gasteiger partial charge < -0.3 is 5.73 Å². The number of thiophene rings is 1. The Bertz CT molecular complexity index is 438. The number of rotatable bonds is 7. The fourth-order valence-electron chi connectivity index (χ4n) is 1.81. The first kappa shape index (κ1) is 13.0. The number of hydrogen-bond donors (Lipinski definition) is 2. The number of aryl methyl sites for hydroxylation is 1. The van der Waals surface area contributed by atoms with Gasteiger partial charge in [0, 0.05) is 17.5 Å². The van der Waals surface area contributed by atoms with Gasteiger partial charge in [-0.25, -0.2) is 13.1 Å². The van der Waals surface area contributed by atoms with Crippen molar-refractivity contribution in [2.75, 3.05) is 12.3 Å². The van der Waals surface area contributed by atoms with Crippen molar-refractivity contribution in [3.63, 3.8) is 0 Å². The van der Waals surface area contributed by atoms with E-state index < -0.39 is 10.0 Å². The van der Waals surface area contributed by atoms with Crippen LogP contribution in [-0.4, -0.2) is 26.8 Å². The third-order valence-corrected chi connectivity index (χ3v) is 5.31. The second-order valence-corrected chi connectivity index (χ2v) is 7.35. The Hall–Kier alpha value is -0.430. The molecule has 2 rings (SSSR count). The zero-order valence-corrected chi connectivity index (χ0v) is 11.3. The highest BCUT2D eigenvalue weighted by Gasteiger charge is 2.32. The van der Waals surface area contributed by atoms with Gasteiger partial charge in [0.05, 0.1) is 5.75 Å². The topological polar surface area (TPSA) is 72.2 Å². The first-order valence-electron chi connectivity index (χ1n) is 5.83. The molecule has 17 heavy (non-hydrogen) atoms. The molecular weight excluding hydrogens is 256 g/mol. The van der Waals surface area contributed by atoms with Crippen molar-refractivity contribution in [2.45, 2.75) is 25.3 Å². The molecule has 6 heteroatoms. The van der Waals surface area contributed by atoms with Crippen LogP contribution in [-0.2, 0) is 16.4 Å². The van der Waals surface area contributed by atoms with Crippen LogP contribution in [0.5, 0.6) is 0 Å².